The molecule has 0 spiro atoms. The van der Waals surface area contributed by atoms with Gasteiger partial charge in [-0.3, -0.25) is 4.79 Å². The van der Waals surface area contributed by atoms with E-state index in [4.69, 9.17) is 10.3 Å². The van der Waals surface area contributed by atoms with E-state index < -0.39 is 18.1 Å². The number of anilines is 3. The zero-order chi connectivity index (χ0) is 25.0. The molecule has 0 radical (unpaired) electrons. The number of hydrogen-bond acceptors (Lipinski definition) is 9. The van der Waals surface area contributed by atoms with E-state index in [2.05, 4.69) is 30.4 Å². The Bertz CT molecular complexity index is 1160. The minimum absolute atomic E-state index is 0.00617. The standard InChI is InChI=1S/C22H25F3N8O2/c1-33(15-9-3-2-4-10-15)21-30-16(29-20(26)31-21)17-28-18(35-32-17)13-7-5-6-8-14(12-11-13)27-19(34)22(23,24)25/h2-4,9-10,13-14H,5-8,11-12H2,1H3,(H,27,34)(H2,26,29,30,31). The van der Waals surface area contributed by atoms with Gasteiger partial charge >= 0.3 is 12.1 Å². The number of benzene rings is 1. The van der Waals surface area contributed by atoms with E-state index in [0.29, 0.717) is 37.5 Å². The molecule has 2 aromatic heterocycles. The highest BCUT2D eigenvalue weighted by Gasteiger charge is 2.39. The van der Waals surface area contributed by atoms with E-state index in [-0.39, 0.29) is 23.5 Å². The normalized spacial score (nSPS) is 19.0. The van der Waals surface area contributed by atoms with Crippen LogP contribution in [-0.4, -0.2) is 50.3 Å². The summed E-state index contributed by atoms with van der Waals surface area (Å²) in [5, 5.41) is 6.09. The molecule has 0 saturated heterocycles. The van der Waals surface area contributed by atoms with E-state index >= 15 is 0 Å². The number of nitrogens with one attached hydrogen (secondary N) is 1. The van der Waals surface area contributed by atoms with Crippen LogP contribution >= 0.6 is 0 Å². The lowest BCUT2D eigenvalue weighted by molar-refractivity contribution is -0.174. The minimum Gasteiger partial charge on any atom is -0.368 e. The SMILES string of the molecule is CN(c1ccccc1)c1nc(N)nc(-c2noc(C3CCCCC(NC(=O)C(F)(F)F)CC3)n2)n1. The number of nitrogens with zero attached hydrogens (tertiary/aromatic N) is 6. The van der Waals surface area contributed by atoms with Gasteiger partial charge in [-0.2, -0.15) is 33.1 Å². The Labute approximate surface area is 199 Å². The lowest BCUT2D eigenvalue weighted by Crippen LogP contribution is -2.43. The summed E-state index contributed by atoms with van der Waals surface area (Å²) in [6.07, 6.45) is -1.37. The van der Waals surface area contributed by atoms with Gasteiger partial charge in [0.1, 0.15) is 0 Å². The van der Waals surface area contributed by atoms with Crippen LogP contribution in [0.2, 0.25) is 0 Å². The largest absolute Gasteiger partial charge is 0.471 e. The molecule has 1 saturated carbocycles. The van der Waals surface area contributed by atoms with Crippen LogP contribution in [0.1, 0.15) is 50.3 Å². The van der Waals surface area contributed by atoms with E-state index in [0.717, 1.165) is 18.5 Å². The highest BCUT2D eigenvalue weighted by Crippen LogP contribution is 2.32. The molecule has 3 aromatic rings. The average molecular weight is 490 g/mol. The molecule has 13 heteroatoms. The molecule has 1 amide bonds. The van der Waals surface area contributed by atoms with Gasteiger partial charge in [0.05, 0.1) is 0 Å². The second-order valence-electron chi connectivity index (χ2n) is 8.39. The minimum atomic E-state index is -4.90. The average Bonchev–Trinajstić information content (AvgIpc) is 3.30. The zero-order valence-corrected chi connectivity index (χ0v) is 19.0. The second kappa shape index (κ2) is 10.2. The van der Waals surface area contributed by atoms with Gasteiger partial charge in [0.15, 0.2) is 0 Å². The Morgan fingerprint density at radius 1 is 1.03 bits per heavy atom. The first kappa shape index (κ1) is 24.4. The number of para-hydroxylation sites is 1. The number of carbonyl (C=O) groups is 1. The number of carbonyl (C=O) groups excluding carboxylic acids is 1. The summed E-state index contributed by atoms with van der Waals surface area (Å²) in [6, 6.07) is 8.89. The summed E-state index contributed by atoms with van der Waals surface area (Å²) >= 11 is 0. The number of nitrogen functional groups attached to an aromatic ring is 1. The van der Waals surface area contributed by atoms with Gasteiger partial charge in [0.25, 0.3) is 0 Å². The molecule has 2 atom stereocenters. The number of alkyl halides is 3. The van der Waals surface area contributed by atoms with Crippen LogP contribution in [0, 0.1) is 0 Å². The van der Waals surface area contributed by atoms with Crippen LogP contribution in [0.5, 0.6) is 0 Å². The van der Waals surface area contributed by atoms with Crippen molar-refractivity contribution < 1.29 is 22.5 Å². The molecule has 2 unspecified atom stereocenters. The molecular formula is C22H25F3N8O2. The summed E-state index contributed by atoms with van der Waals surface area (Å²) < 4.78 is 43.3. The summed E-state index contributed by atoms with van der Waals surface area (Å²) in [6.45, 7) is 0. The van der Waals surface area contributed by atoms with Crippen LogP contribution in [0.15, 0.2) is 34.9 Å². The van der Waals surface area contributed by atoms with Gasteiger partial charge in [0.2, 0.25) is 29.4 Å². The number of halogens is 3. The monoisotopic (exact) mass is 490 g/mol. The van der Waals surface area contributed by atoms with Crippen LogP contribution < -0.4 is 16.0 Å². The predicted molar refractivity (Wildman–Crippen MR) is 120 cm³/mol. The predicted octanol–water partition coefficient (Wildman–Crippen LogP) is 3.76. The number of rotatable bonds is 5. The Hall–Kier alpha value is -3.77. The topological polar surface area (TPSA) is 136 Å². The fourth-order valence-electron chi connectivity index (χ4n) is 4.02. The maximum absolute atomic E-state index is 12.6. The first-order chi connectivity index (χ1) is 16.7. The van der Waals surface area contributed by atoms with Crippen LogP contribution in [0.25, 0.3) is 11.6 Å². The van der Waals surface area contributed by atoms with Crippen molar-refractivity contribution in [1.82, 2.24) is 30.4 Å². The molecule has 2 heterocycles. The van der Waals surface area contributed by atoms with E-state index in [9.17, 15) is 18.0 Å². The summed E-state index contributed by atoms with van der Waals surface area (Å²) in [5.41, 5.74) is 6.74. The fourth-order valence-corrected chi connectivity index (χ4v) is 4.02. The molecule has 3 N–H and O–H groups in total. The lowest BCUT2D eigenvalue weighted by Gasteiger charge is -2.24. The number of nitrogens with two attached hydrogens (primary N) is 1. The molecule has 10 nitrogen and oxygen atoms in total. The quantitative estimate of drug-likeness (QED) is 0.548. The molecule has 0 aliphatic heterocycles. The lowest BCUT2D eigenvalue weighted by atomic mass is 9.88. The molecule has 35 heavy (non-hydrogen) atoms. The van der Waals surface area contributed by atoms with Crippen molar-refractivity contribution in [3.63, 3.8) is 0 Å². The smallest absolute Gasteiger partial charge is 0.368 e. The molecule has 186 valence electrons. The van der Waals surface area contributed by atoms with Crippen molar-refractivity contribution in [2.24, 2.45) is 0 Å². The van der Waals surface area contributed by atoms with Gasteiger partial charge in [0, 0.05) is 24.7 Å². The first-order valence-electron chi connectivity index (χ1n) is 11.2. The highest BCUT2D eigenvalue weighted by atomic mass is 19.4. The maximum Gasteiger partial charge on any atom is 0.471 e. The summed E-state index contributed by atoms with van der Waals surface area (Å²) in [7, 11) is 1.79. The Kier molecular flexibility index (Phi) is 7.12. The van der Waals surface area contributed by atoms with E-state index in [1.165, 1.54) is 0 Å². The summed E-state index contributed by atoms with van der Waals surface area (Å²) in [4.78, 5) is 30.3. The van der Waals surface area contributed by atoms with Gasteiger partial charge in [-0.15, -0.1) is 0 Å². The fraction of sp³-hybridized carbons (Fsp3) is 0.455. The van der Waals surface area contributed by atoms with Crippen LogP contribution in [-0.2, 0) is 4.79 Å². The van der Waals surface area contributed by atoms with Crippen molar-refractivity contribution in [3.8, 4) is 11.6 Å². The summed E-state index contributed by atoms with van der Waals surface area (Å²) in [5.74, 6) is -1.14. The third-order valence-corrected chi connectivity index (χ3v) is 5.89. The molecule has 1 fully saturated rings. The van der Waals surface area contributed by atoms with E-state index in [1.807, 2.05) is 30.3 Å². The zero-order valence-electron chi connectivity index (χ0n) is 19.0. The Morgan fingerprint density at radius 2 is 1.77 bits per heavy atom. The van der Waals surface area contributed by atoms with Crippen LogP contribution in [0.4, 0.5) is 30.8 Å². The molecule has 1 aliphatic carbocycles. The molecular weight excluding hydrogens is 465 g/mol. The van der Waals surface area contributed by atoms with Gasteiger partial charge in [-0.25, -0.2) is 0 Å². The van der Waals surface area contributed by atoms with Crippen molar-refractivity contribution in [3.05, 3.63) is 36.2 Å². The molecule has 1 aliphatic rings. The van der Waals surface area contributed by atoms with Gasteiger partial charge in [-0.1, -0.05) is 36.2 Å². The van der Waals surface area contributed by atoms with Crippen molar-refractivity contribution in [2.45, 2.75) is 56.7 Å². The molecule has 0 bridgehead atoms. The highest BCUT2D eigenvalue weighted by molar-refractivity contribution is 5.81. The Morgan fingerprint density at radius 3 is 2.51 bits per heavy atom. The van der Waals surface area contributed by atoms with E-state index in [1.54, 1.807) is 11.9 Å². The maximum atomic E-state index is 12.6. The van der Waals surface area contributed by atoms with Gasteiger partial charge < -0.3 is 20.5 Å². The van der Waals surface area contributed by atoms with Crippen molar-refractivity contribution in [1.29, 1.82) is 0 Å². The number of amides is 1. The van der Waals surface area contributed by atoms with Crippen LogP contribution in [0.3, 0.4) is 0 Å². The molecule has 1 aromatic carbocycles. The second-order valence-corrected chi connectivity index (χ2v) is 8.39. The van der Waals surface area contributed by atoms with Crippen molar-refractivity contribution in [2.75, 3.05) is 17.7 Å². The number of hydrogen-bond donors (Lipinski definition) is 2. The first-order valence-corrected chi connectivity index (χ1v) is 11.2. The number of aromatic nitrogens is 5. The molecule has 4 rings (SSSR count). The third-order valence-electron chi connectivity index (χ3n) is 5.89. The van der Waals surface area contributed by atoms with Crippen molar-refractivity contribution >= 4 is 23.5 Å². The Balaban J connectivity index is 1.49. The van der Waals surface area contributed by atoms with Gasteiger partial charge in [-0.05, 0) is 37.8 Å². The third kappa shape index (κ3) is 6.03.